The van der Waals surface area contributed by atoms with Crippen molar-refractivity contribution < 1.29 is 14.6 Å². The van der Waals surface area contributed by atoms with Crippen molar-refractivity contribution in [3.8, 4) is 11.4 Å². The second-order valence-electron chi connectivity index (χ2n) is 7.40. The molecule has 2 fully saturated rings. The van der Waals surface area contributed by atoms with Crippen LogP contribution in [0.3, 0.4) is 0 Å². The zero-order valence-electron chi connectivity index (χ0n) is 15.2. The second-order valence-corrected chi connectivity index (χ2v) is 7.40. The molecule has 2 aliphatic rings. The fraction of sp³-hybridized carbons (Fsp3) is 0.556. The number of aliphatic hydroxyl groups excluding tert-OH is 1. The maximum Gasteiger partial charge on any atom is 0.270 e. The van der Waals surface area contributed by atoms with Crippen LogP contribution in [-0.2, 0) is 0 Å². The van der Waals surface area contributed by atoms with Crippen LogP contribution in [-0.4, -0.2) is 68.8 Å². The molecule has 3 heterocycles. The van der Waals surface area contributed by atoms with E-state index in [4.69, 9.17) is 4.52 Å². The Labute approximate surface area is 156 Å². The Morgan fingerprint density at radius 2 is 2.11 bits per heavy atom. The SMILES string of the molecule is CN1CCC(N2C[C@H](O)C[C@H]2c2nc(-c3cccc([N+](=O)[O-])c3)no2)CC1. The maximum atomic E-state index is 11.0. The first kappa shape index (κ1) is 18.0. The summed E-state index contributed by atoms with van der Waals surface area (Å²) in [6.45, 7) is 2.67. The van der Waals surface area contributed by atoms with Crippen LogP contribution >= 0.6 is 0 Å². The predicted octanol–water partition coefficient (Wildman–Crippen LogP) is 1.85. The number of benzene rings is 1. The molecule has 9 heteroatoms. The molecule has 0 aliphatic carbocycles. The number of likely N-dealkylation sites (tertiary alicyclic amines) is 2. The molecule has 0 saturated carbocycles. The van der Waals surface area contributed by atoms with Gasteiger partial charge in [-0.15, -0.1) is 0 Å². The van der Waals surface area contributed by atoms with E-state index in [-0.39, 0.29) is 11.7 Å². The molecule has 27 heavy (non-hydrogen) atoms. The topological polar surface area (TPSA) is 109 Å². The molecule has 2 saturated heterocycles. The van der Waals surface area contributed by atoms with E-state index in [0.29, 0.717) is 36.3 Å². The Bertz CT molecular complexity index is 818. The number of piperidine rings is 1. The molecule has 2 aromatic rings. The lowest BCUT2D eigenvalue weighted by Crippen LogP contribution is -2.43. The van der Waals surface area contributed by atoms with E-state index < -0.39 is 11.0 Å². The first-order valence-corrected chi connectivity index (χ1v) is 9.22. The fourth-order valence-electron chi connectivity index (χ4n) is 4.06. The van der Waals surface area contributed by atoms with Crippen molar-refractivity contribution in [2.45, 2.75) is 37.5 Å². The summed E-state index contributed by atoms with van der Waals surface area (Å²) >= 11 is 0. The second kappa shape index (κ2) is 7.34. The van der Waals surface area contributed by atoms with E-state index >= 15 is 0 Å². The van der Waals surface area contributed by atoms with Crippen LogP contribution in [0.4, 0.5) is 5.69 Å². The first-order valence-electron chi connectivity index (χ1n) is 9.22. The minimum atomic E-state index is -0.445. The summed E-state index contributed by atoms with van der Waals surface area (Å²) in [5.74, 6) is 0.797. The molecule has 1 aromatic heterocycles. The Balaban J connectivity index is 1.56. The number of β-amino-alcohol motifs (C(OH)–C–C–N with tert-alkyl or cyclic N) is 1. The van der Waals surface area contributed by atoms with E-state index in [1.165, 1.54) is 12.1 Å². The standard InChI is InChI=1S/C18H23N5O4/c1-21-7-5-13(6-8-21)22-11-15(24)10-16(22)18-19-17(20-27-18)12-3-2-4-14(9-12)23(25)26/h2-4,9,13,15-16,24H,5-8,10-11H2,1H3/t15-,16+/m1/s1. The van der Waals surface area contributed by atoms with Gasteiger partial charge >= 0.3 is 0 Å². The molecule has 2 aliphatic heterocycles. The lowest BCUT2D eigenvalue weighted by molar-refractivity contribution is -0.384. The normalized spacial score (nSPS) is 25.1. The van der Waals surface area contributed by atoms with Gasteiger partial charge in [-0.1, -0.05) is 17.3 Å². The van der Waals surface area contributed by atoms with Crippen LogP contribution in [0.25, 0.3) is 11.4 Å². The van der Waals surface area contributed by atoms with Crippen molar-refractivity contribution in [2.75, 3.05) is 26.7 Å². The highest BCUT2D eigenvalue weighted by molar-refractivity contribution is 5.58. The first-order chi connectivity index (χ1) is 13.0. The number of aliphatic hydroxyl groups is 1. The largest absolute Gasteiger partial charge is 0.392 e. The van der Waals surface area contributed by atoms with Crippen molar-refractivity contribution in [3.63, 3.8) is 0 Å². The van der Waals surface area contributed by atoms with Crippen LogP contribution in [0.2, 0.25) is 0 Å². The quantitative estimate of drug-likeness (QED) is 0.639. The van der Waals surface area contributed by atoms with Gasteiger partial charge in [0.25, 0.3) is 5.69 Å². The third-order valence-corrected chi connectivity index (χ3v) is 5.52. The summed E-state index contributed by atoms with van der Waals surface area (Å²) in [6, 6.07) is 6.46. The zero-order valence-corrected chi connectivity index (χ0v) is 15.2. The summed E-state index contributed by atoms with van der Waals surface area (Å²) in [4.78, 5) is 19.6. The van der Waals surface area contributed by atoms with Crippen LogP contribution in [0.15, 0.2) is 28.8 Å². The highest BCUT2D eigenvalue weighted by atomic mass is 16.6. The molecular weight excluding hydrogens is 350 g/mol. The minimum absolute atomic E-state index is 0.0110. The summed E-state index contributed by atoms with van der Waals surface area (Å²) in [5, 5.41) is 25.2. The third-order valence-electron chi connectivity index (χ3n) is 5.52. The molecule has 0 bridgehead atoms. The van der Waals surface area contributed by atoms with Crippen molar-refractivity contribution in [2.24, 2.45) is 0 Å². The van der Waals surface area contributed by atoms with Gasteiger partial charge in [0.2, 0.25) is 11.7 Å². The van der Waals surface area contributed by atoms with Crippen molar-refractivity contribution in [1.29, 1.82) is 0 Å². The fourth-order valence-corrected chi connectivity index (χ4v) is 4.06. The number of aromatic nitrogens is 2. The highest BCUT2D eigenvalue weighted by Crippen LogP contribution is 2.36. The molecule has 0 radical (unpaired) electrons. The molecule has 2 atom stereocenters. The number of nitrogens with zero attached hydrogens (tertiary/aromatic N) is 5. The number of hydrogen-bond donors (Lipinski definition) is 1. The predicted molar refractivity (Wildman–Crippen MR) is 97.0 cm³/mol. The number of hydrogen-bond acceptors (Lipinski definition) is 8. The maximum absolute atomic E-state index is 11.0. The molecular formula is C18H23N5O4. The average Bonchev–Trinajstić information content (AvgIpc) is 3.29. The van der Waals surface area contributed by atoms with E-state index in [2.05, 4.69) is 27.0 Å². The van der Waals surface area contributed by atoms with Gasteiger partial charge in [0, 0.05) is 30.3 Å². The van der Waals surface area contributed by atoms with Crippen LogP contribution in [0.1, 0.15) is 31.2 Å². The van der Waals surface area contributed by atoms with E-state index in [1.54, 1.807) is 12.1 Å². The number of rotatable bonds is 4. The van der Waals surface area contributed by atoms with Gasteiger partial charge in [-0.3, -0.25) is 15.0 Å². The van der Waals surface area contributed by atoms with Gasteiger partial charge in [-0.25, -0.2) is 0 Å². The Hall–Kier alpha value is -2.36. The average molecular weight is 373 g/mol. The van der Waals surface area contributed by atoms with Gasteiger partial charge in [-0.2, -0.15) is 4.98 Å². The molecule has 4 rings (SSSR count). The lowest BCUT2D eigenvalue weighted by atomic mass is 10.0. The summed E-state index contributed by atoms with van der Waals surface area (Å²) in [7, 11) is 2.12. The van der Waals surface area contributed by atoms with E-state index in [9.17, 15) is 15.2 Å². The molecule has 1 aromatic carbocycles. The van der Waals surface area contributed by atoms with Crippen molar-refractivity contribution >= 4 is 5.69 Å². The van der Waals surface area contributed by atoms with Crippen molar-refractivity contribution in [3.05, 3.63) is 40.3 Å². The van der Waals surface area contributed by atoms with Crippen LogP contribution in [0, 0.1) is 10.1 Å². The molecule has 9 nitrogen and oxygen atoms in total. The lowest BCUT2D eigenvalue weighted by Gasteiger charge is -2.37. The smallest absolute Gasteiger partial charge is 0.270 e. The third kappa shape index (κ3) is 3.71. The minimum Gasteiger partial charge on any atom is -0.392 e. The van der Waals surface area contributed by atoms with Crippen LogP contribution < -0.4 is 0 Å². The van der Waals surface area contributed by atoms with E-state index in [0.717, 1.165) is 25.9 Å². The molecule has 1 N–H and O–H groups in total. The van der Waals surface area contributed by atoms with Gasteiger partial charge in [0.15, 0.2) is 0 Å². The molecule has 144 valence electrons. The Morgan fingerprint density at radius 3 is 2.85 bits per heavy atom. The summed E-state index contributed by atoms with van der Waals surface area (Å²) in [5.41, 5.74) is 0.534. The molecule has 0 amide bonds. The van der Waals surface area contributed by atoms with Crippen LogP contribution in [0.5, 0.6) is 0 Å². The molecule has 0 unspecified atom stereocenters. The van der Waals surface area contributed by atoms with Gasteiger partial charge in [-0.05, 0) is 39.4 Å². The van der Waals surface area contributed by atoms with Gasteiger partial charge < -0.3 is 14.5 Å². The van der Waals surface area contributed by atoms with Gasteiger partial charge in [0.05, 0.1) is 17.1 Å². The summed E-state index contributed by atoms with van der Waals surface area (Å²) < 4.78 is 5.50. The van der Waals surface area contributed by atoms with Gasteiger partial charge in [0.1, 0.15) is 0 Å². The number of non-ortho nitro benzene ring substituents is 1. The van der Waals surface area contributed by atoms with Crippen molar-refractivity contribution in [1.82, 2.24) is 19.9 Å². The molecule has 0 spiro atoms. The Kier molecular flexibility index (Phi) is 4.90. The highest BCUT2D eigenvalue weighted by Gasteiger charge is 2.40. The van der Waals surface area contributed by atoms with E-state index in [1.807, 2.05) is 0 Å². The number of nitro groups is 1. The Morgan fingerprint density at radius 1 is 1.33 bits per heavy atom. The zero-order chi connectivity index (χ0) is 19.0. The monoisotopic (exact) mass is 373 g/mol. The summed E-state index contributed by atoms with van der Waals surface area (Å²) in [6.07, 6.45) is 2.24. The number of nitro benzene ring substituents is 1.